The number of ether oxygens (including phenoxy) is 3. The van der Waals surface area contributed by atoms with Gasteiger partial charge in [0.25, 0.3) is 0 Å². The fourth-order valence-electron chi connectivity index (χ4n) is 10.8. The lowest BCUT2D eigenvalue weighted by molar-refractivity contribution is -0.302. The smallest absolute Gasteiger partial charge is 0.305 e. The number of carbonyl (C=O) groups excluding carboxylic acids is 2. The average molecular weight is 1170 g/mol. The van der Waals surface area contributed by atoms with Gasteiger partial charge in [-0.05, 0) is 103 Å². The molecule has 1 saturated heterocycles. The highest BCUT2D eigenvalue weighted by molar-refractivity contribution is 5.76. The molecule has 0 saturated carbocycles. The summed E-state index contributed by atoms with van der Waals surface area (Å²) in [7, 11) is 0. The number of hydrogen-bond acceptors (Lipinski definition) is 10. The van der Waals surface area contributed by atoms with Crippen LogP contribution in [0, 0.1) is 0 Å². The van der Waals surface area contributed by atoms with Gasteiger partial charge < -0.3 is 45.1 Å². The molecule has 83 heavy (non-hydrogen) atoms. The van der Waals surface area contributed by atoms with E-state index >= 15 is 0 Å². The second-order valence-corrected chi connectivity index (χ2v) is 24.2. The summed E-state index contributed by atoms with van der Waals surface area (Å²) < 4.78 is 16.7. The Bertz CT molecular complexity index is 1560. The van der Waals surface area contributed by atoms with E-state index in [9.17, 15) is 35.1 Å². The van der Waals surface area contributed by atoms with Crippen molar-refractivity contribution in [2.75, 3.05) is 19.8 Å². The summed E-state index contributed by atoms with van der Waals surface area (Å²) in [6, 6.07) is -0.830. The third-order valence-corrected chi connectivity index (χ3v) is 16.3. The molecule has 1 aliphatic heterocycles. The highest BCUT2D eigenvalue weighted by Gasteiger charge is 2.44. The van der Waals surface area contributed by atoms with Gasteiger partial charge in [0.1, 0.15) is 24.4 Å². The molecule has 0 spiro atoms. The Hall–Kier alpha value is -2.64. The number of nitrogens with one attached hydrogen (secondary N) is 1. The third-order valence-electron chi connectivity index (χ3n) is 16.3. The fraction of sp³-hybridized carbons (Fsp3) is 0.833. The standard InChI is InChI=1S/C72H131NO10/c1-3-5-7-9-11-13-14-15-16-17-27-31-34-37-40-44-48-52-56-60-68(77)81-61-57-53-49-45-41-38-35-32-29-26-24-22-20-18-19-21-23-25-28-30-33-36-39-43-47-51-55-59-67(76)73-64(65(75)58-54-50-46-42-12-10-8-6-4-2)63-82-72-71(80)70(79)69(78)66(62-74)83-72/h12,15-16,18-19,22,24,42,54,58,64-66,69-72,74-75,78-80H,3-11,13-14,17,20-21,23,25-41,43-53,55-57,59-63H2,1-2H3,(H,73,76)/b16-15-,19-18-,24-22-,42-12+,58-54+. The Kier molecular flexibility index (Phi) is 57.6. The molecule has 0 radical (unpaired) electrons. The number of aliphatic hydroxyl groups excluding tert-OH is 5. The number of esters is 1. The molecule has 7 unspecified atom stereocenters. The third kappa shape index (κ3) is 50.1. The van der Waals surface area contributed by atoms with Crippen molar-refractivity contribution in [3.63, 3.8) is 0 Å². The molecule has 0 aromatic heterocycles. The van der Waals surface area contributed by atoms with Crippen molar-refractivity contribution < 1.29 is 49.3 Å². The highest BCUT2D eigenvalue weighted by atomic mass is 16.7. The van der Waals surface area contributed by atoms with Gasteiger partial charge in [0.05, 0.1) is 32.0 Å². The number of carbonyl (C=O) groups is 2. The van der Waals surface area contributed by atoms with Crippen molar-refractivity contribution in [3.05, 3.63) is 60.8 Å². The van der Waals surface area contributed by atoms with Crippen LogP contribution in [0.25, 0.3) is 0 Å². The van der Waals surface area contributed by atoms with Crippen molar-refractivity contribution in [1.29, 1.82) is 0 Å². The quantitative estimate of drug-likeness (QED) is 0.0195. The molecule has 1 heterocycles. The number of aliphatic hydroxyl groups is 5. The summed E-state index contributed by atoms with van der Waals surface area (Å²) in [5, 5.41) is 54.2. The van der Waals surface area contributed by atoms with E-state index < -0.39 is 49.5 Å². The van der Waals surface area contributed by atoms with Crippen LogP contribution < -0.4 is 5.32 Å². The summed E-state index contributed by atoms with van der Waals surface area (Å²) in [6.45, 7) is 4.28. The Labute approximate surface area is 509 Å². The van der Waals surface area contributed by atoms with E-state index in [0.717, 1.165) is 70.6 Å². The van der Waals surface area contributed by atoms with Crippen LogP contribution in [0.15, 0.2) is 60.8 Å². The van der Waals surface area contributed by atoms with E-state index in [-0.39, 0.29) is 18.5 Å². The second-order valence-electron chi connectivity index (χ2n) is 24.2. The number of rotatable bonds is 61. The van der Waals surface area contributed by atoms with Gasteiger partial charge in [-0.1, -0.05) is 267 Å². The van der Waals surface area contributed by atoms with Crippen molar-refractivity contribution >= 4 is 11.9 Å². The van der Waals surface area contributed by atoms with Crippen LogP contribution in [-0.2, 0) is 23.8 Å². The van der Waals surface area contributed by atoms with Crippen molar-refractivity contribution in [2.24, 2.45) is 0 Å². The Morgan fingerprint density at radius 1 is 0.446 bits per heavy atom. The van der Waals surface area contributed by atoms with Crippen molar-refractivity contribution in [3.8, 4) is 0 Å². The maximum atomic E-state index is 13.0. The summed E-state index contributed by atoms with van der Waals surface area (Å²) in [6.07, 6.45) is 70.9. The van der Waals surface area contributed by atoms with Crippen LogP contribution >= 0.6 is 0 Å². The first-order valence-corrected chi connectivity index (χ1v) is 35.1. The first kappa shape index (κ1) is 78.4. The normalized spacial score (nSPS) is 18.5. The highest BCUT2D eigenvalue weighted by Crippen LogP contribution is 2.23. The minimum absolute atomic E-state index is 0.0000567. The molecule has 0 aromatic rings. The van der Waals surface area contributed by atoms with Crippen LogP contribution in [0.4, 0.5) is 0 Å². The van der Waals surface area contributed by atoms with Gasteiger partial charge in [0, 0.05) is 12.8 Å². The fourth-order valence-corrected chi connectivity index (χ4v) is 10.8. The topological polar surface area (TPSA) is 175 Å². The van der Waals surface area contributed by atoms with Crippen molar-refractivity contribution in [2.45, 2.75) is 365 Å². The molecule has 11 heteroatoms. The van der Waals surface area contributed by atoms with Gasteiger partial charge in [0.15, 0.2) is 6.29 Å². The molecule has 7 atom stereocenters. The minimum Gasteiger partial charge on any atom is -0.466 e. The molecule has 484 valence electrons. The Morgan fingerprint density at radius 3 is 1.29 bits per heavy atom. The van der Waals surface area contributed by atoms with Gasteiger partial charge in [-0.25, -0.2) is 0 Å². The zero-order chi connectivity index (χ0) is 60.2. The number of amides is 1. The van der Waals surface area contributed by atoms with E-state index in [1.54, 1.807) is 6.08 Å². The molecule has 11 nitrogen and oxygen atoms in total. The SMILES string of the molecule is CCCCC/C=C/CC/C=C/C(O)C(COC1OC(CO)C(O)C(O)C1O)NC(=O)CCCCCCCCCCCCC/C=C\C/C=C\CCCCCCCCCCCOC(=O)CCCCCCCCCCC/C=C\CCCCCCCC. The number of allylic oxidation sites excluding steroid dienone is 9. The van der Waals surface area contributed by atoms with E-state index in [0.29, 0.717) is 19.4 Å². The van der Waals surface area contributed by atoms with Gasteiger partial charge in [-0.2, -0.15) is 0 Å². The number of unbranched alkanes of at least 4 members (excludes halogenated alkanes) is 39. The predicted molar refractivity (Wildman–Crippen MR) is 347 cm³/mol. The Morgan fingerprint density at radius 2 is 0.819 bits per heavy atom. The van der Waals surface area contributed by atoms with E-state index in [1.807, 2.05) is 6.08 Å². The first-order chi connectivity index (χ1) is 40.7. The molecular formula is C72H131NO10. The number of hydrogen-bond donors (Lipinski definition) is 6. The van der Waals surface area contributed by atoms with Gasteiger partial charge >= 0.3 is 5.97 Å². The van der Waals surface area contributed by atoms with Gasteiger partial charge in [-0.3, -0.25) is 9.59 Å². The van der Waals surface area contributed by atoms with E-state index in [1.165, 1.54) is 225 Å². The maximum Gasteiger partial charge on any atom is 0.305 e. The van der Waals surface area contributed by atoms with Gasteiger partial charge in [-0.15, -0.1) is 0 Å². The average Bonchev–Trinajstić information content (AvgIpc) is 3.65. The molecule has 1 fully saturated rings. The zero-order valence-corrected chi connectivity index (χ0v) is 53.7. The van der Waals surface area contributed by atoms with Crippen LogP contribution in [-0.4, -0.2) is 100 Å². The minimum atomic E-state index is -1.58. The monoisotopic (exact) mass is 1170 g/mol. The lowest BCUT2D eigenvalue weighted by atomic mass is 9.99. The molecule has 1 amide bonds. The lowest BCUT2D eigenvalue weighted by Crippen LogP contribution is -2.60. The summed E-state index contributed by atoms with van der Waals surface area (Å²) >= 11 is 0. The van der Waals surface area contributed by atoms with E-state index in [4.69, 9.17) is 14.2 Å². The predicted octanol–water partition coefficient (Wildman–Crippen LogP) is 17.7. The van der Waals surface area contributed by atoms with Crippen LogP contribution in [0.3, 0.4) is 0 Å². The molecule has 1 aliphatic rings. The molecule has 1 rings (SSSR count). The zero-order valence-electron chi connectivity index (χ0n) is 53.7. The summed E-state index contributed by atoms with van der Waals surface area (Å²) in [5.74, 6) is -0.198. The lowest BCUT2D eigenvalue weighted by Gasteiger charge is -2.40. The van der Waals surface area contributed by atoms with Gasteiger partial charge in [0.2, 0.25) is 5.91 Å². The van der Waals surface area contributed by atoms with Crippen LogP contribution in [0.5, 0.6) is 0 Å². The summed E-state index contributed by atoms with van der Waals surface area (Å²) in [5.41, 5.74) is 0. The van der Waals surface area contributed by atoms with E-state index in [2.05, 4.69) is 67.8 Å². The molecule has 0 aromatic carbocycles. The summed E-state index contributed by atoms with van der Waals surface area (Å²) in [4.78, 5) is 25.1. The molecule has 0 bridgehead atoms. The van der Waals surface area contributed by atoms with Crippen molar-refractivity contribution in [1.82, 2.24) is 5.32 Å². The largest absolute Gasteiger partial charge is 0.466 e. The maximum absolute atomic E-state index is 13.0. The first-order valence-electron chi connectivity index (χ1n) is 35.1. The van der Waals surface area contributed by atoms with Crippen LogP contribution in [0.1, 0.15) is 322 Å². The molecule has 6 N–H and O–H groups in total. The van der Waals surface area contributed by atoms with Crippen LogP contribution in [0.2, 0.25) is 0 Å². The second kappa shape index (κ2) is 61.0. The molecule has 0 aliphatic carbocycles. The molecular weight excluding hydrogens is 1040 g/mol. The Balaban J connectivity index is 1.94.